The van der Waals surface area contributed by atoms with Crippen LogP contribution in [0.3, 0.4) is 0 Å². The number of hydrogen-bond acceptors (Lipinski definition) is 5. The molecule has 6 nitrogen and oxygen atoms in total. The van der Waals surface area contributed by atoms with Gasteiger partial charge in [0.05, 0.1) is 13.2 Å². The molecule has 4 radical (unpaired) electrons. The molecule has 31 heavy (non-hydrogen) atoms. The van der Waals surface area contributed by atoms with Gasteiger partial charge in [0.2, 0.25) is 5.91 Å². The largest absolute Gasteiger partial charge is 0.573 e. The van der Waals surface area contributed by atoms with Crippen LogP contribution in [-0.4, -0.2) is 44.8 Å². The third-order valence-electron chi connectivity index (χ3n) is 4.70. The molecule has 0 fully saturated rings. The van der Waals surface area contributed by atoms with E-state index in [4.69, 9.17) is 25.5 Å². The maximum absolute atomic E-state index is 12.4. The van der Waals surface area contributed by atoms with Crippen LogP contribution in [0.15, 0.2) is 41.5 Å². The molecule has 1 amide bonds. The summed E-state index contributed by atoms with van der Waals surface area (Å²) in [5.74, 6) is -0.643. The molecule has 0 aromatic heterocycles. The Morgan fingerprint density at radius 2 is 1.90 bits per heavy atom. The first-order chi connectivity index (χ1) is 14.6. The third-order valence-corrected chi connectivity index (χ3v) is 4.70. The molecular formula is C20H16B2F3NO5. The zero-order valence-corrected chi connectivity index (χ0v) is 16.1. The van der Waals surface area contributed by atoms with E-state index in [0.717, 1.165) is 5.56 Å². The van der Waals surface area contributed by atoms with Crippen molar-refractivity contribution in [2.24, 2.45) is 0 Å². The van der Waals surface area contributed by atoms with E-state index in [9.17, 15) is 23.1 Å². The number of alkyl halides is 3. The van der Waals surface area contributed by atoms with Gasteiger partial charge in [-0.2, -0.15) is 0 Å². The minimum Gasteiger partial charge on any atom is -0.524 e. The predicted molar refractivity (Wildman–Crippen MR) is 107 cm³/mol. The Morgan fingerprint density at radius 1 is 1.23 bits per heavy atom. The van der Waals surface area contributed by atoms with Crippen LogP contribution in [0.2, 0.25) is 0 Å². The number of hydrogen-bond donors (Lipinski definition) is 3. The summed E-state index contributed by atoms with van der Waals surface area (Å²) in [6.45, 7) is 0.0123. The lowest BCUT2D eigenvalue weighted by molar-refractivity contribution is -0.274. The Morgan fingerprint density at radius 3 is 2.48 bits per heavy atom. The van der Waals surface area contributed by atoms with Crippen molar-refractivity contribution in [1.82, 2.24) is 5.32 Å². The van der Waals surface area contributed by atoms with Gasteiger partial charge >= 0.3 is 6.36 Å². The molecule has 0 saturated carbocycles. The number of halogens is 3. The van der Waals surface area contributed by atoms with Crippen molar-refractivity contribution in [3.63, 3.8) is 0 Å². The number of nitrogens with one attached hydrogen (secondary N) is 1. The molecule has 3 N–H and O–H groups in total. The Balaban J connectivity index is 1.96. The summed E-state index contributed by atoms with van der Waals surface area (Å²) < 4.78 is 46.8. The van der Waals surface area contributed by atoms with E-state index < -0.39 is 23.4 Å². The van der Waals surface area contributed by atoms with E-state index >= 15 is 0 Å². The minimum atomic E-state index is -4.80. The van der Waals surface area contributed by atoms with Gasteiger partial charge in [-0.05, 0) is 40.4 Å². The number of carbonyl (C=O) groups excluding carboxylic acids is 1. The standard InChI is InChI=1S/C20H16B2F3NO5/c21-16(18(22)28)19(29)26-8-11-7-14(17-13(5-6-30-17)15(11)9-27)10-1-3-12(4-2-10)31-20(23,24)25/h1-4,7,27-28H,5-6,8-9H2,(H,26,29)/b18-16-. The lowest BCUT2D eigenvalue weighted by atomic mass is 9.86. The van der Waals surface area contributed by atoms with Crippen molar-refractivity contribution in [1.29, 1.82) is 0 Å². The third kappa shape index (κ3) is 5.16. The van der Waals surface area contributed by atoms with Gasteiger partial charge in [-0.3, -0.25) is 4.79 Å². The molecule has 1 aliphatic heterocycles. The van der Waals surface area contributed by atoms with Crippen LogP contribution in [0, 0.1) is 0 Å². The van der Waals surface area contributed by atoms with Crippen molar-refractivity contribution in [3.05, 3.63) is 58.2 Å². The highest BCUT2D eigenvalue weighted by atomic mass is 19.4. The van der Waals surface area contributed by atoms with Gasteiger partial charge in [-0.15, -0.1) is 13.2 Å². The second-order valence-corrected chi connectivity index (χ2v) is 6.68. The molecule has 0 atom stereocenters. The first-order valence-corrected chi connectivity index (χ1v) is 9.10. The summed E-state index contributed by atoms with van der Waals surface area (Å²) in [7, 11) is 10.5. The number of amides is 1. The van der Waals surface area contributed by atoms with Crippen molar-refractivity contribution in [2.45, 2.75) is 25.9 Å². The Hall–Kier alpha value is -3.07. The van der Waals surface area contributed by atoms with Crippen molar-refractivity contribution < 1.29 is 37.7 Å². The molecule has 1 aliphatic rings. The minimum absolute atomic E-state index is 0.0434. The number of ether oxygens (including phenoxy) is 2. The second kappa shape index (κ2) is 8.97. The molecule has 2 aromatic rings. The molecule has 0 aliphatic carbocycles. The van der Waals surface area contributed by atoms with Gasteiger partial charge in [-0.25, -0.2) is 0 Å². The number of aliphatic hydroxyl groups excluding tert-OH is 2. The number of carbonyl (C=O) groups is 1. The summed E-state index contributed by atoms with van der Waals surface area (Å²) in [5, 5.41) is 21.5. The fourth-order valence-corrected chi connectivity index (χ4v) is 3.30. The number of rotatable bonds is 6. The molecule has 3 rings (SSSR count). The van der Waals surface area contributed by atoms with Gasteiger partial charge in [0.1, 0.15) is 19.3 Å². The average Bonchev–Trinajstić information content (AvgIpc) is 3.19. The van der Waals surface area contributed by atoms with Crippen LogP contribution < -0.4 is 14.8 Å². The molecule has 0 bridgehead atoms. The summed E-state index contributed by atoms with van der Waals surface area (Å²) in [6, 6.07) is 6.93. The summed E-state index contributed by atoms with van der Waals surface area (Å²) in [6.07, 6.45) is -4.28. The second-order valence-electron chi connectivity index (χ2n) is 6.68. The lowest BCUT2D eigenvalue weighted by Crippen LogP contribution is -2.26. The molecular weight excluding hydrogens is 413 g/mol. The Labute approximate surface area is 178 Å². The van der Waals surface area contributed by atoms with E-state index in [1.165, 1.54) is 24.3 Å². The van der Waals surface area contributed by atoms with Crippen LogP contribution in [0.1, 0.15) is 16.7 Å². The SMILES string of the molecule is [B]/C(O)=C(/[B])C(=O)NCc1cc(-c2ccc(OC(F)(F)F)cc2)c2c(c1CO)CCO2. The van der Waals surface area contributed by atoms with Gasteiger partial charge in [-0.1, -0.05) is 12.1 Å². The summed E-state index contributed by atoms with van der Waals surface area (Å²) >= 11 is 0. The van der Waals surface area contributed by atoms with Crippen molar-refractivity contribution >= 4 is 21.6 Å². The quantitative estimate of drug-likeness (QED) is 0.373. The summed E-state index contributed by atoms with van der Waals surface area (Å²) in [5.41, 5.74) is 1.63. The molecule has 1 heterocycles. The molecule has 0 saturated heterocycles. The highest BCUT2D eigenvalue weighted by molar-refractivity contribution is 6.41. The van der Waals surface area contributed by atoms with Crippen LogP contribution in [-0.2, 0) is 24.4 Å². The van der Waals surface area contributed by atoms with Crippen molar-refractivity contribution in [3.8, 4) is 22.6 Å². The zero-order valence-electron chi connectivity index (χ0n) is 16.1. The Kier molecular flexibility index (Phi) is 6.54. The fraction of sp³-hybridized carbons (Fsp3) is 0.250. The van der Waals surface area contributed by atoms with Crippen LogP contribution in [0.4, 0.5) is 13.2 Å². The first kappa shape index (κ1) is 22.6. The average molecular weight is 429 g/mol. The fourth-order valence-electron chi connectivity index (χ4n) is 3.30. The zero-order chi connectivity index (χ0) is 22.8. The molecule has 158 valence electrons. The van der Waals surface area contributed by atoms with Crippen molar-refractivity contribution in [2.75, 3.05) is 6.61 Å². The predicted octanol–water partition coefficient (Wildman–Crippen LogP) is 2.36. The van der Waals surface area contributed by atoms with Gasteiger partial charge in [0.15, 0.2) is 7.85 Å². The highest BCUT2D eigenvalue weighted by Crippen LogP contribution is 2.41. The molecule has 0 unspecified atom stereocenters. The van der Waals surface area contributed by atoms with Gasteiger partial charge < -0.3 is 25.0 Å². The van der Waals surface area contributed by atoms with Crippen LogP contribution in [0.25, 0.3) is 11.1 Å². The van der Waals surface area contributed by atoms with Crippen LogP contribution >= 0.6 is 0 Å². The number of fused-ring (bicyclic) bond motifs is 1. The maximum Gasteiger partial charge on any atom is 0.573 e. The smallest absolute Gasteiger partial charge is 0.524 e. The van der Waals surface area contributed by atoms with E-state index in [-0.39, 0.29) is 18.9 Å². The molecule has 11 heteroatoms. The van der Waals surface area contributed by atoms with Gasteiger partial charge in [0.25, 0.3) is 0 Å². The normalized spacial score (nSPS) is 13.8. The molecule has 0 spiro atoms. The topological polar surface area (TPSA) is 88.0 Å². The van der Waals surface area contributed by atoms with E-state index in [1.54, 1.807) is 6.07 Å². The van der Waals surface area contributed by atoms with E-state index in [0.29, 0.717) is 41.0 Å². The molecule has 2 aromatic carbocycles. The summed E-state index contributed by atoms with van der Waals surface area (Å²) in [4.78, 5) is 12.0. The van der Waals surface area contributed by atoms with Crippen LogP contribution in [0.5, 0.6) is 11.5 Å². The first-order valence-electron chi connectivity index (χ1n) is 9.10. The Bertz CT molecular complexity index is 1020. The maximum atomic E-state index is 12.4. The van der Waals surface area contributed by atoms with Gasteiger partial charge in [0, 0.05) is 29.8 Å². The van der Waals surface area contributed by atoms with E-state index in [1.807, 2.05) is 0 Å². The number of aliphatic hydroxyl groups is 2. The lowest BCUT2D eigenvalue weighted by Gasteiger charge is -2.17. The highest BCUT2D eigenvalue weighted by Gasteiger charge is 2.31. The number of benzene rings is 2. The van der Waals surface area contributed by atoms with E-state index in [2.05, 4.69) is 10.1 Å². The monoisotopic (exact) mass is 429 g/mol.